The SMILES string of the molecule is CC(=O)Nc1ccc(S(=O)(=O)N(C)CC(=O)NCC2(C)CCNCC2)cc1. The maximum Gasteiger partial charge on any atom is 0.243 e. The van der Waals surface area contributed by atoms with E-state index < -0.39 is 10.0 Å². The Morgan fingerprint density at radius 2 is 1.78 bits per heavy atom. The third-order valence-electron chi connectivity index (χ3n) is 4.77. The van der Waals surface area contributed by atoms with Crippen LogP contribution in [-0.2, 0) is 19.6 Å². The van der Waals surface area contributed by atoms with Gasteiger partial charge in [0.1, 0.15) is 0 Å². The molecular weight excluding hydrogens is 368 g/mol. The highest BCUT2D eigenvalue weighted by atomic mass is 32.2. The first-order valence-electron chi connectivity index (χ1n) is 8.94. The van der Waals surface area contributed by atoms with Gasteiger partial charge in [-0.05, 0) is 55.6 Å². The van der Waals surface area contributed by atoms with E-state index in [9.17, 15) is 18.0 Å². The van der Waals surface area contributed by atoms with Gasteiger partial charge in [0, 0.05) is 26.2 Å². The second-order valence-corrected chi connectivity index (χ2v) is 9.35. The summed E-state index contributed by atoms with van der Waals surface area (Å²) in [6.45, 7) is 5.65. The Balaban J connectivity index is 1.93. The van der Waals surface area contributed by atoms with E-state index in [1.807, 2.05) is 0 Å². The molecule has 0 saturated carbocycles. The standard InChI is InChI=1S/C18H28N4O4S/c1-14(23)21-15-4-6-16(7-5-15)27(25,26)22(3)12-17(24)20-13-18(2)8-10-19-11-9-18/h4-7,19H,8-13H2,1-3H3,(H,20,24)(H,21,23). The maximum atomic E-state index is 12.6. The Morgan fingerprint density at radius 3 is 2.33 bits per heavy atom. The van der Waals surface area contributed by atoms with Gasteiger partial charge in [0.25, 0.3) is 0 Å². The average Bonchev–Trinajstić information content (AvgIpc) is 2.60. The van der Waals surface area contributed by atoms with Gasteiger partial charge >= 0.3 is 0 Å². The molecule has 150 valence electrons. The smallest absolute Gasteiger partial charge is 0.243 e. The number of carbonyl (C=O) groups is 2. The Kier molecular flexibility index (Phi) is 6.96. The molecule has 0 aromatic heterocycles. The van der Waals surface area contributed by atoms with Crippen LogP contribution >= 0.6 is 0 Å². The molecule has 1 saturated heterocycles. The van der Waals surface area contributed by atoms with E-state index in [1.54, 1.807) is 0 Å². The summed E-state index contributed by atoms with van der Waals surface area (Å²) in [4.78, 5) is 23.3. The predicted molar refractivity (Wildman–Crippen MR) is 104 cm³/mol. The molecule has 0 aliphatic carbocycles. The molecule has 8 nitrogen and oxygen atoms in total. The van der Waals surface area contributed by atoms with E-state index in [2.05, 4.69) is 22.9 Å². The van der Waals surface area contributed by atoms with Crippen molar-refractivity contribution in [2.24, 2.45) is 5.41 Å². The van der Waals surface area contributed by atoms with Gasteiger partial charge in [-0.15, -0.1) is 0 Å². The number of rotatable bonds is 7. The van der Waals surface area contributed by atoms with Crippen molar-refractivity contribution in [2.75, 3.05) is 38.5 Å². The molecule has 1 aliphatic rings. The van der Waals surface area contributed by atoms with Gasteiger partial charge in [-0.1, -0.05) is 6.92 Å². The van der Waals surface area contributed by atoms with Crippen LogP contribution in [0.4, 0.5) is 5.69 Å². The Bertz CT molecular complexity index is 771. The summed E-state index contributed by atoms with van der Waals surface area (Å²) >= 11 is 0. The quantitative estimate of drug-likeness (QED) is 0.631. The molecule has 3 N–H and O–H groups in total. The topological polar surface area (TPSA) is 108 Å². The van der Waals surface area contributed by atoms with E-state index in [0.29, 0.717) is 12.2 Å². The number of hydrogen-bond acceptors (Lipinski definition) is 5. The highest BCUT2D eigenvalue weighted by Gasteiger charge is 2.28. The van der Waals surface area contributed by atoms with E-state index in [-0.39, 0.29) is 28.7 Å². The van der Waals surface area contributed by atoms with Gasteiger partial charge in [-0.25, -0.2) is 8.42 Å². The minimum Gasteiger partial charge on any atom is -0.354 e. The van der Waals surface area contributed by atoms with Crippen LogP contribution in [0.15, 0.2) is 29.2 Å². The second-order valence-electron chi connectivity index (χ2n) is 7.30. The first-order valence-corrected chi connectivity index (χ1v) is 10.4. The minimum absolute atomic E-state index is 0.0396. The van der Waals surface area contributed by atoms with E-state index in [0.717, 1.165) is 30.2 Å². The van der Waals surface area contributed by atoms with Crippen LogP contribution in [0.1, 0.15) is 26.7 Å². The fourth-order valence-corrected chi connectivity index (χ4v) is 4.08. The third kappa shape index (κ3) is 6.02. The molecule has 0 unspecified atom stereocenters. The third-order valence-corrected chi connectivity index (χ3v) is 6.59. The van der Waals surface area contributed by atoms with Gasteiger partial charge in [-0.3, -0.25) is 9.59 Å². The lowest BCUT2D eigenvalue weighted by Crippen LogP contribution is -2.45. The normalized spacial score (nSPS) is 16.7. The molecule has 2 rings (SSSR count). The summed E-state index contributed by atoms with van der Waals surface area (Å²) < 4.78 is 26.3. The largest absolute Gasteiger partial charge is 0.354 e. The van der Waals surface area contributed by atoms with Crippen molar-refractivity contribution in [2.45, 2.75) is 31.6 Å². The molecule has 0 spiro atoms. The van der Waals surface area contributed by atoms with Crippen LogP contribution in [0.3, 0.4) is 0 Å². The molecule has 1 aromatic carbocycles. The molecular formula is C18H28N4O4S. The molecule has 1 aromatic rings. The zero-order chi connectivity index (χ0) is 20.1. The Morgan fingerprint density at radius 1 is 1.19 bits per heavy atom. The number of amides is 2. The van der Waals surface area contributed by atoms with Crippen molar-refractivity contribution in [1.29, 1.82) is 0 Å². The fourth-order valence-electron chi connectivity index (χ4n) is 2.96. The van der Waals surface area contributed by atoms with Crippen molar-refractivity contribution in [3.63, 3.8) is 0 Å². The summed E-state index contributed by atoms with van der Waals surface area (Å²) in [7, 11) is -2.41. The molecule has 1 heterocycles. The average molecular weight is 397 g/mol. The van der Waals surface area contributed by atoms with E-state index >= 15 is 0 Å². The van der Waals surface area contributed by atoms with Crippen molar-refractivity contribution >= 4 is 27.5 Å². The van der Waals surface area contributed by atoms with Crippen LogP contribution in [0.5, 0.6) is 0 Å². The number of hydrogen-bond donors (Lipinski definition) is 3. The lowest BCUT2D eigenvalue weighted by Gasteiger charge is -2.34. The number of piperidine rings is 1. The number of likely N-dealkylation sites (N-methyl/N-ethyl adjacent to an activating group) is 1. The molecule has 9 heteroatoms. The highest BCUT2D eigenvalue weighted by Crippen LogP contribution is 2.26. The number of anilines is 1. The number of sulfonamides is 1. The summed E-state index contributed by atoms with van der Waals surface area (Å²) in [5, 5.41) is 8.73. The summed E-state index contributed by atoms with van der Waals surface area (Å²) in [6.07, 6.45) is 1.95. The van der Waals surface area contributed by atoms with Crippen molar-refractivity contribution < 1.29 is 18.0 Å². The molecule has 2 amide bonds. The number of nitrogens with zero attached hydrogens (tertiary/aromatic N) is 1. The van der Waals surface area contributed by atoms with Crippen LogP contribution in [0.25, 0.3) is 0 Å². The fraction of sp³-hybridized carbons (Fsp3) is 0.556. The van der Waals surface area contributed by atoms with Crippen molar-refractivity contribution in [1.82, 2.24) is 14.9 Å². The molecule has 27 heavy (non-hydrogen) atoms. The summed E-state index contributed by atoms with van der Waals surface area (Å²) in [5.74, 6) is -0.558. The molecule has 1 fully saturated rings. The van der Waals surface area contributed by atoms with E-state index in [4.69, 9.17) is 0 Å². The highest BCUT2D eigenvalue weighted by molar-refractivity contribution is 7.89. The lowest BCUT2D eigenvalue weighted by atomic mass is 9.81. The monoisotopic (exact) mass is 396 g/mol. The van der Waals surface area contributed by atoms with Crippen molar-refractivity contribution in [3.05, 3.63) is 24.3 Å². The molecule has 0 bridgehead atoms. The first kappa shape index (κ1) is 21.3. The maximum absolute atomic E-state index is 12.6. The number of nitrogens with one attached hydrogen (secondary N) is 3. The van der Waals surface area contributed by atoms with E-state index in [1.165, 1.54) is 38.2 Å². The van der Waals surface area contributed by atoms with Crippen LogP contribution < -0.4 is 16.0 Å². The predicted octanol–water partition coefficient (Wildman–Crippen LogP) is 0.771. The molecule has 0 radical (unpaired) electrons. The van der Waals surface area contributed by atoms with Gasteiger partial charge < -0.3 is 16.0 Å². The second kappa shape index (κ2) is 8.81. The number of carbonyl (C=O) groups excluding carboxylic acids is 2. The molecule has 0 atom stereocenters. The zero-order valence-corrected chi connectivity index (χ0v) is 16.9. The van der Waals surface area contributed by atoms with Crippen LogP contribution in [0, 0.1) is 5.41 Å². The van der Waals surface area contributed by atoms with Crippen molar-refractivity contribution in [3.8, 4) is 0 Å². The minimum atomic E-state index is -3.79. The Labute approximate surface area is 160 Å². The first-order chi connectivity index (χ1) is 12.6. The number of benzene rings is 1. The van der Waals surface area contributed by atoms with Gasteiger partial charge in [0.15, 0.2) is 0 Å². The Hall–Kier alpha value is -1.97. The van der Waals surface area contributed by atoms with Gasteiger partial charge in [0.05, 0.1) is 11.4 Å². The van der Waals surface area contributed by atoms with Gasteiger partial charge in [0.2, 0.25) is 21.8 Å². The van der Waals surface area contributed by atoms with Crippen LogP contribution in [0.2, 0.25) is 0 Å². The lowest BCUT2D eigenvalue weighted by molar-refractivity contribution is -0.121. The summed E-state index contributed by atoms with van der Waals surface area (Å²) in [5.41, 5.74) is 0.551. The summed E-state index contributed by atoms with van der Waals surface area (Å²) in [6, 6.07) is 5.84. The van der Waals surface area contributed by atoms with Crippen LogP contribution in [-0.4, -0.2) is 57.8 Å². The molecule has 1 aliphatic heterocycles. The van der Waals surface area contributed by atoms with Gasteiger partial charge in [-0.2, -0.15) is 4.31 Å². The zero-order valence-electron chi connectivity index (χ0n) is 16.0.